The van der Waals surface area contributed by atoms with Gasteiger partial charge in [-0.05, 0) is 37.8 Å². The summed E-state index contributed by atoms with van der Waals surface area (Å²) in [4.78, 5) is 15.6. The molecule has 1 saturated carbocycles. The van der Waals surface area contributed by atoms with E-state index in [0.717, 1.165) is 29.4 Å². The zero-order valence-corrected chi connectivity index (χ0v) is 9.80. The Labute approximate surface area is 99.7 Å². The van der Waals surface area contributed by atoms with Crippen LogP contribution in [0.3, 0.4) is 0 Å². The maximum atomic E-state index is 4.63. The second-order valence-electron chi connectivity index (χ2n) is 5.45. The van der Waals surface area contributed by atoms with Crippen molar-refractivity contribution in [2.45, 2.75) is 25.3 Å². The number of aromatic nitrogens is 3. The summed E-state index contributed by atoms with van der Waals surface area (Å²) in [6.45, 7) is 3.48. The monoisotopic (exact) mass is 226 g/mol. The molecular formula is C13H14N4. The molecule has 2 bridgehead atoms. The molecule has 3 fully saturated rings. The van der Waals surface area contributed by atoms with Crippen LogP contribution in [0, 0.1) is 5.92 Å². The Morgan fingerprint density at radius 2 is 2.06 bits per heavy atom. The van der Waals surface area contributed by atoms with Crippen molar-refractivity contribution in [1.29, 1.82) is 0 Å². The molecule has 2 aromatic heterocycles. The third-order valence-corrected chi connectivity index (χ3v) is 4.14. The minimum Gasteiger partial charge on any atom is -0.351 e. The molecule has 2 aliphatic heterocycles. The summed E-state index contributed by atoms with van der Waals surface area (Å²) in [6, 6.07) is 4.09. The molecule has 0 N–H and O–H groups in total. The van der Waals surface area contributed by atoms with E-state index in [1.165, 1.54) is 12.8 Å². The topological polar surface area (TPSA) is 41.9 Å². The van der Waals surface area contributed by atoms with Crippen molar-refractivity contribution in [1.82, 2.24) is 15.0 Å². The largest absolute Gasteiger partial charge is 0.351 e. The van der Waals surface area contributed by atoms with Crippen LogP contribution < -0.4 is 4.90 Å². The molecule has 3 aliphatic rings. The van der Waals surface area contributed by atoms with Crippen molar-refractivity contribution in [2.24, 2.45) is 5.92 Å². The van der Waals surface area contributed by atoms with Crippen LogP contribution in [-0.2, 0) is 0 Å². The number of pyridine rings is 1. The maximum Gasteiger partial charge on any atom is 0.180 e. The first-order chi connectivity index (χ1) is 8.24. The molecule has 1 aliphatic carbocycles. The zero-order valence-electron chi connectivity index (χ0n) is 9.80. The van der Waals surface area contributed by atoms with Gasteiger partial charge in [-0.2, -0.15) is 0 Å². The van der Waals surface area contributed by atoms with Crippen molar-refractivity contribution >= 4 is 17.0 Å². The minimum absolute atomic E-state index is 0.341. The van der Waals surface area contributed by atoms with Crippen molar-refractivity contribution in [3.8, 4) is 0 Å². The Hall–Kier alpha value is -1.71. The van der Waals surface area contributed by atoms with Gasteiger partial charge in [-0.3, -0.25) is 4.98 Å². The zero-order chi connectivity index (χ0) is 11.5. The lowest BCUT2D eigenvalue weighted by Crippen LogP contribution is -2.43. The van der Waals surface area contributed by atoms with Gasteiger partial charge < -0.3 is 4.90 Å². The molecule has 0 aromatic carbocycles. The number of hydrogen-bond donors (Lipinski definition) is 0. The predicted molar refractivity (Wildman–Crippen MR) is 65.8 cm³/mol. The highest BCUT2D eigenvalue weighted by atomic mass is 15.3. The van der Waals surface area contributed by atoms with Gasteiger partial charge in [-0.25, -0.2) is 9.97 Å². The van der Waals surface area contributed by atoms with Gasteiger partial charge in [-0.1, -0.05) is 0 Å². The molecule has 86 valence electrons. The highest BCUT2D eigenvalue weighted by Gasteiger charge is 2.53. The van der Waals surface area contributed by atoms with Crippen LogP contribution in [-0.4, -0.2) is 27.0 Å². The van der Waals surface area contributed by atoms with Crippen molar-refractivity contribution in [2.75, 3.05) is 11.4 Å². The molecule has 4 heterocycles. The lowest BCUT2D eigenvalue weighted by atomic mass is 9.75. The predicted octanol–water partition coefficient (Wildman–Crippen LogP) is 2.01. The van der Waals surface area contributed by atoms with E-state index >= 15 is 0 Å². The van der Waals surface area contributed by atoms with Crippen LogP contribution in [0.4, 0.5) is 5.82 Å². The molecule has 0 radical (unpaired) electrons. The van der Waals surface area contributed by atoms with E-state index in [9.17, 15) is 0 Å². The van der Waals surface area contributed by atoms with Crippen molar-refractivity contribution in [3.63, 3.8) is 0 Å². The van der Waals surface area contributed by atoms with Gasteiger partial charge in [0.25, 0.3) is 0 Å². The van der Waals surface area contributed by atoms with Gasteiger partial charge in [0.2, 0.25) is 0 Å². The fourth-order valence-electron chi connectivity index (χ4n) is 3.38. The summed E-state index contributed by atoms with van der Waals surface area (Å²) in [5, 5.41) is 0. The third-order valence-electron chi connectivity index (χ3n) is 4.14. The number of anilines is 1. The van der Waals surface area contributed by atoms with Gasteiger partial charge in [0.05, 0.1) is 0 Å². The van der Waals surface area contributed by atoms with Crippen LogP contribution in [0.5, 0.6) is 0 Å². The standard InChI is InChI=1S/C13H14N4/c1-13-6-9(7-13)8-17(13)11-3-2-10-12(16-11)15-5-4-14-10/h2-5,9H,6-8H2,1H3. The van der Waals surface area contributed by atoms with E-state index in [2.05, 4.69) is 32.8 Å². The summed E-state index contributed by atoms with van der Waals surface area (Å²) >= 11 is 0. The summed E-state index contributed by atoms with van der Waals surface area (Å²) in [5.41, 5.74) is 1.96. The van der Waals surface area contributed by atoms with Crippen molar-refractivity contribution < 1.29 is 0 Å². The first-order valence-electron chi connectivity index (χ1n) is 6.10. The van der Waals surface area contributed by atoms with E-state index in [4.69, 9.17) is 0 Å². The molecule has 17 heavy (non-hydrogen) atoms. The molecule has 0 atom stereocenters. The molecule has 2 aromatic rings. The summed E-state index contributed by atoms with van der Waals surface area (Å²) < 4.78 is 0. The van der Waals surface area contributed by atoms with E-state index < -0.39 is 0 Å². The average molecular weight is 226 g/mol. The fourth-order valence-corrected chi connectivity index (χ4v) is 3.38. The smallest absolute Gasteiger partial charge is 0.180 e. The molecule has 4 nitrogen and oxygen atoms in total. The van der Waals surface area contributed by atoms with Crippen LogP contribution in [0.1, 0.15) is 19.8 Å². The molecule has 5 rings (SSSR count). The highest BCUT2D eigenvalue weighted by Crippen LogP contribution is 2.51. The molecule has 2 saturated heterocycles. The lowest BCUT2D eigenvalue weighted by molar-refractivity contribution is 0.267. The Morgan fingerprint density at radius 1 is 1.24 bits per heavy atom. The number of rotatable bonds is 1. The molecule has 0 spiro atoms. The van der Waals surface area contributed by atoms with Crippen LogP contribution in [0.25, 0.3) is 11.2 Å². The van der Waals surface area contributed by atoms with E-state index in [-0.39, 0.29) is 0 Å². The minimum atomic E-state index is 0.341. The number of fused-ring (bicyclic) bond motifs is 2. The van der Waals surface area contributed by atoms with Gasteiger partial charge in [0, 0.05) is 24.5 Å². The van der Waals surface area contributed by atoms with Gasteiger partial charge in [-0.15, -0.1) is 0 Å². The normalized spacial score (nSPS) is 30.6. The van der Waals surface area contributed by atoms with Gasteiger partial charge in [0.15, 0.2) is 5.65 Å². The first-order valence-corrected chi connectivity index (χ1v) is 6.10. The molecule has 0 unspecified atom stereocenters. The summed E-state index contributed by atoms with van der Waals surface area (Å²) in [6.07, 6.45) is 6.03. The summed E-state index contributed by atoms with van der Waals surface area (Å²) in [7, 11) is 0. The van der Waals surface area contributed by atoms with E-state index in [1.54, 1.807) is 12.4 Å². The van der Waals surface area contributed by atoms with Crippen molar-refractivity contribution in [3.05, 3.63) is 24.5 Å². The summed E-state index contributed by atoms with van der Waals surface area (Å²) in [5.74, 6) is 1.93. The van der Waals surface area contributed by atoms with Crippen LogP contribution >= 0.6 is 0 Å². The molecular weight excluding hydrogens is 212 g/mol. The second-order valence-corrected chi connectivity index (χ2v) is 5.45. The third kappa shape index (κ3) is 1.21. The van der Waals surface area contributed by atoms with E-state index in [0.29, 0.717) is 5.54 Å². The number of nitrogens with zero attached hydrogens (tertiary/aromatic N) is 4. The maximum absolute atomic E-state index is 4.63. The fraction of sp³-hybridized carbons (Fsp3) is 0.462. The van der Waals surface area contributed by atoms with Crippen LogP contribution in [0.2, 0.25) is 0 Å². The highest BCUT2D eigenvalue weighted by molar-refractivity contribution is 5.72. The van der Waals surface area contributed by atoms with Gasteiger partial charge in [0.1, 0.15) is 11.3 Å². The van der Waals surface area contributed by atoms with Crippen LogP contribution in [0.15, 0.2) is 24.5 Å². The average Bonchev–Trinajstić information content (AvgIpc) is 2.81. The first kappa shape index (κ1) is 9.33. The Kier molecular flexibility index (Phi) is 1.62. The number of hydrogen-bond acceptors (Lipinski definition) is 4. The SMILES string of the molecule is CC12CC(CN1c1ccc3nccnc3n1)C2. The second kappa shape index (κ2) is 2.94. The quantitative estimate of drug-likeness (QED) is 0.746. The lowest BCUT2D eigenvalue weighted by Gasteiger charge is -2.39. The van der Waals surface area contributed by atoms with Gasteiger partial charge >= 0.3 is 0 Å². The Bertz CT molecular complexity index is 589. The Morgan fingerprint density at radius 3 is 2.82 bits per heavy atom. The molecule has 4 heteroatoms. The molecule has 0 amide bonds. The Balaban J connectivity index is 1.81. The van der Waals surface area contributed by atoms with E-state index in [1.807, 2.05) is 6.07 Å².